The van der Waals surface area contributed by atoms with Gasteiger partial charge in [0, 0.05) is 42.5 Å². The van der Waals surface area contributed by atoms with Crippen molar-refractivity contribution in [3.05, 3.63) is 108 Å². The van der Waals surface area contributed by atoms with Gasteiger partial charge in [0.25, 0.3) is 0 Å². The van der Waals surface area contributed by atoms with Crippen LogP contribution < -0.4 is 16.4 Å². The summed E-state index contributed by atoms with van der Waals surface area (Å²) in [5.41, 5.74) is 17.1. The smallest absolute Gasteiger partial charge is 0.249 e. The minimum atomic E-state index is -0.359. The number of fused-ring (bicyclic) bond motifs is 1. The summed E-state index contributed by atoms with van der Waals surface area (Å²) in [6.45, 7) is 5.82. The number of carbonyl (C=O) groups excluding carboxylic acids is 2. The molecule has 9 nitrogen and oxygen atoms in total. The molecule has 0 bridgehead atoms. The fourth-order valence-electron chi connectivity index (χ4n) is 6.95. The number of amides is 2. The van der Waals surface area contributed by atoms with Gasteiger partial charge in [0.05, 0.1) is 11.2 Å². The van der Waals surface area contributed by atoms with Gasteiger partial charge < -0.3 is 16.0 Å². The molecule has 7 rings (SSSR count). The number of aryl methyl sites for hydroxylation is 1. The van der Waals surface area contributed by atoms with Crippen LogP contribution in [-0.4, -0.2) is 57.0 Å². The predicted molar refractivity (Wildman–Crippen MR) is 192 cm³/mol. The van der Waals surface area contributed by atoms with Crippen LogP contribution in [0.5, 0.6) is 0 Å². The minimum Gasteiger partial charge on any atom is -0.374 e. The maximum Gasteiger partial charge on any atom is 0.249 e. The number of imide groups is 1. The van der Waals surface area contributed by atoms with Gasteiger partial charge in [-0.2, -0.15) is 5.10 Å². The highest BCUT2D eigenvalue weighted by Gasteiger charge is 2.26. The number of hydrogen-bond acceptors (Lipinski definition) is 7. The highest BCUT2D eigenvalue weighted by atomic mass is 35.5. The van der Waals surface area contributed by atoms with Crippen molar-refractivity contribution < 1.29 is 9.59 Å². The summed E-state index contributed by atoms with van der Waals surface area (Å²) in [5.74, 6) is 0.103. The molecule has 2 saturated heterocycles. The summed E-state index contributed by atoms with van der Waals surface area (Å²) < 4.78 is 1.92. The van der Waals surface area contributed by atoms with E-state index in [1.165, 1.54) is 22.3 Å². The number of anilines is 1. The molecule has 4 N–H and O–H groups in total. The second-order valence-electron chi connectivity index (χ2n) is 12.8. The van der Waals surface area contributed by atoms with Crippen molar-refractivity contribution in [3.8, 4) is 22.4 Å². The molecule has 0 saturated carbocycles. The summed E-state index contributed by atoms with van der Waals surface area (Å²) >= 11 is 0. The van der Waals surface area contributed by atoms with Crippen LogP contribution in [0.2, 0.25) is 0 Å². The van der Waals surface area contributed by atoms with Crippen molar-refractivity contribution >= 4 is 35.4 Å². The van der Waals surface area contributed by atoms with Crippen molar-refractivity contribution in [2.75, 3.05) is 25.0 Å². The van der Waals surface area contributed by atoms with Crippen molar-refractivity contribution in [3.63, 3.8) is 0 Å². The van der Waals surface area contributed by atoms with Gasteiger partial charge in [-0.05, 0) is 104 Å². The van der Waals surface area contributed by atoms with Gasteiger partial charge in [-0.3, -0.25) is 14.9 Å². The maximum atomic E-state index is 12.1. The number of likely N-dealkylation sites (tertiary alicyclic amines) is 1. The first-order valence-corrected chi connectivity index (χ1v) is 16.6. The Bertz CT molecular complexity index is 1910. The number of piperidine rings is 2. The van der Waals surface area contributed by atoms with Gasteiger partial charge in [-0.25, -0.2) is 9.50 Å². The normalized spacial score (nSPS) is 17.2. The van der Waals surface area contributed by atoms with E-state index in [1.54, 1.807) is 6.33 Å². The van der Waals surface area contributed by atoms with E-state index in [9.17, 15) is 9.59 Å². The zero-order valence-corrected chi connectivity index (χ0v) is 28.0. The Morgan fingerprint density at radius 2 is 1.75 bits per heavy atom. The van der Waals surface area contributed by atoms with Crippen LogP contribution in [0, 0.1) is 6.92 Å². The summed E-state index contributed by atoms with van der Waals surface area (Å²) in [5, 5.41) is 10.2. The van der Waals surface area contributed by atoms with E-state index in [2.05, 4.69) is 112 Å². The van der Waals surface area contributed by atoms with Gasteiger partial charge >= 0.3 is 0 Å². The van der Waals surface area contributed by atoms with Gasteiger partial charge in [0.2, 0.25) is 11.8 Å². The van der Waals surface area contributed by atoms with Crippen molar-refractivity contribution in [1.29, 1.82) is 0 Å². The van der Waals surface area contributed by atoms with Crippen LogP contribution in [0.25, 0.3) is 27.9 Å². The first kappa shape index (κ1) is 33.3. The second kappa shape index (κ2) is 14.7. The molecule has 0 aliphatic carbocycles. The van der Waals surface area contributed by atoms with Crippen molar-refractivity contribution in [1.82, 2.24) is 24.8 Å². The van der Waals surface area contributed by atoms with E-state index in [1.807, 2.05) is 4.52 Å². The van der Waals surface area contributed by atoms with Crippen LogP contribution in [0.15, 0.2) is 85.3 Å². The Balaban J connectivity index is 0.00000401. The molecule has 2 amide bonds. The number of carbonyl (C=O) groups is 2. The highest BCUT2D eigenvalue weighted by molar-refractivity contribution is 6.01. The van der Waals surface area contributed by atoms with E-state index in [4.69, 9.17) is 5.73 Å². The SMILES string of the molecule is Cc1cc(-c2ncnn3cc(-c4cccc(CCN5CCC(c6ccc(NC7CCC(=O)NC7=O)cc6)CC5)c4)cc23)ccc1CN.Cl. The highest BCUT2D eigenvalue weighted by Crippen LogP contribution is 2.31. The summed E-state index contributed by atoms with van der Waals surface area (Å²) in [7, 11) is 0. The average molecular weight is 664 g/mol. The molecule has 10 heteroatoms. The largest absolute Gasteiger partial charge is 0.374 e. The molecule has 5 aromatic rings. The Hall–Kier alpha value is -4.57. The van der Waals surface area contributed by atoms with Crippen LogP contribution in [0.3, 0.4) is 0 Å². The van der Waals surface area contributed by atoms with E-state index >= 15 is 0 Å². The first-order valence-electron chi connectivity index (χ1n) is 16.6. The van der Waals surface area contributed by atoms with Gasteiger partial charge in [-0.1, -0.05) is 48.5 Å². The van der Waals surface area contributed by atoms with Crippen molar-refractivity contribution in [2.45, 2.75) is 57.5 Å². The first-order chi connectivity index (χ1) is 22.9. The third kappa shape index (κ3) is 7.28. The molecule has 4 heterocycles. The third-order valence-corrected chi connectivity index (χ3v) is 9.77. The number of aromatic nitrogens is 3. The molecule has 1 atom stereocenters. The molecule has 1 unspecified atom stereocenters. The van der Waals surface area contributed by atoms with Crippen LogP contribution in [-0.2, 0) is 22.6 Å². The van der Waals surface area contributed by atoms with Crippen LogP contribution >= 0.6 is 12.4 Å². The summed E-state index contributed by atoms with van der Waals surface area (Å²) in [6.07, 6.45) is 7.88. The lowest BCUT2D eigenvalue weighted by atomic mass is 9.89. The Kier molecular flexibility index (Phi) is 10.2. The summed E-state index contributed by atoms with van der Waals surface area (Å²) in [6, 6.07) is 25.5. The number of nitrogens with zero attached hydrogens (tertiary/aromatic N) is 4. The fourth-order valence-corrected chi connectivity index (χ4v) is 6.95. The molecular formula is C38H42ClN7O2. The Labute approximate surface area is 287 Å². The Morgan fingerprint density at radius 1 is 0.938 bits per heavy atom. The predicted octanol–water partition coefficient (Wildman–Crippen LogP) is 5.89. The van der Waals surface area contributed by atoms with E-state index in [-0.39, 0.29) is 30.3 Å². The molecule has 2 aromatic heterocycles. The topological polar surface area (TPSA) is 118 Å². The number of nitrogens with two attached hydrogens (primary N) is 1. The quantitative estimate of drug-likeness (QED) is 0.168. The van der Waals surface area contributed by atoms with Crippen LogP contribution in [0.4, 0.5) is 5.69 Å². The second-order valence-corrected chi connectivity index (χ2v) is 12.8. The van der Waals surface area contributed by atoms with Gasteiger partial charge in [-0.15, -0.1) is 12.4 Å². The molecule has 3 aromatic carbocycles. The Morgan fingerprint density at radius 3 is 2.50 bits per heavy atom. The minimum absolute atomic E-state index is 0. The lowest BCUT2D eigenvalue weighted by Crippen LogP contribution is -2.47. The van der Waals surface area contributed by atoms with E-state index in [0.29, 0.717) is 25.3 Å². The molecule has 2 fully saturated rings. The van der Waals surface area contributed by atoms with Crippen molar-refractivity contribution in [2.24, 2.45) is 5.73 Å². The molecule has 48 heavy (non-hydrogen) atoms. The lowest BCUT2D eigenvalue weighted by molar-refractivity contribution is -0.133. The van der Waals surface area contributed by atoms with Gasteiger partial charge in [0.1, 0.15) is 12.4 Å². The van der Waals surface area contributed by atoms with Gasteiger partial charge in [0.15, 0.2) is 0 Å². The molecular weight excluding hydrogens is 622 g/mol. The molecule has 248 valence electrons. The number of benzene rings is 3. The van der Waals surface area contributed by atoms with E-state index < -0.39 is 0 Å². The zero-order valence-electron chi connectivity index (χ0n) is 27.2. The van der Waals surface area contributed by atoms with E-state index in [0.717, 1.165) is 72.5 Å². The lowest BCUT2D eigenvalue weighted by Gasteiger charge is -2.32. The monoisotopic (exact) mass is 663 g/mol. The third-order valence-electron chi connectivity index (χ3n) is 9.77. The van der Waals surface area contributed by atoms with Crippen LogP contribution in [0.1, 0.15) is 53.9 Å². The standard InChI is InChI=1S/C38H41N7O2.ClH/c1-25-19-30(5-6-31(25)22-39)37-35-21-32(23-45(35)41-24-40-37)29-4-2-3-26(20-29)13-16-44-17-14-28(15-18-44)27-7-9-33(10-8-27)42-34-11-12-36(46)43-38(34)47;/h2-10,19-21,23-24,28,34,42H,11-18,22,39H2,1H3,(H,43,46,47);1H. The summed E-state index contributed by atoms with van der Waals surface area (Å²) in [4.78, 5) is 30.7. The molecule has 0 radical (unpaired) electrons. The maximum absolute atomic E-state index is 12.1. The number of hydrogen-bond donors (Lipinski definition) is 3. The number of halogens is 1. The molecule has 0 spiro atoms. The molecule has 2 aliphatic rings. The number of rotatable bonds is 9. The molecule has 2 aliphatic heterocycles. The zero-order chi connectivity index (χ0) is 32.3. The number of nitrogens with one attached hydrogen (secondary N) is 2. The fraction of sp³-hybridized carbons (Fsp3) is 0.316. The average Bonchev–Trinajstić information content (AvgIpc) is 3.54.